The van der Waals surface area contributed by atoms with E-state index in [1.54, 1.807) is 40.5 Å². The Morgan fingerprint density at radius 3 is 2.23 bits per heavy atom. The smallest absolute Gasteiger partial charge is 0.340 e. The lowest BCUT2D eigenvalue weighted by molar-refractivity contribution is -0.137. The van der Waals surface area contributed by atoms with Gasteiger partial charge in [-0.2, -0.15) is 13.2 Å². The number of carbonyl (C=O) groups excluding carboxylic acids is 1. The summed E-state index contributed by atoms with van der Waals surface area (Å²) in [6.07, 6.45) is -1.35. The van der Waals surface area contributed by atoms with E-state index in [0.717, 1.165) is 23.3 Å². The molecule has 0 aliphatic heterocycles. The third kappa shape index (κ3) is 6.56. The molecule has 0 aliphatic carbocycles. The summed E-state index contributed by atoms with van der Waals surface area (Å²) in [5.41, 5.74) is 2.30. The molecule has 0 bridgehead atoms. The van der Waals surface area contributed by atoms with Gasteiger partial charge in [-0.05, 0) is 41.5 Å². The maximum atomic E-state index is 13.5. The molecule has 1 amide bonds. The predicted molar refractivity (Wildman–Crippen MR) is 163 cm³/mol. The topological polar surface area (TPSA) is 85.6 Å². The van der Waals surface area contributed by atoms with Crippen molar-refractivity contribution in [3.05, 3.63) is 142 Å². The van der Waals surface area contributed by atoms with E-state index >= 15 is 0 Å². The zero-order valence-corrected chi connectivity index (χ0v) is 24.5. The van der Waals surface area contributed by atoms with Crippen LogP contribution in [0.3, 0.4) is 0 Å². The highest BCUT2D eigenvalue weighted by atomic mass is 32.2. The van der Waals surface area contributed by atoms with Crippen LogP contribution < -0.4 is 5.32 Å². The van der Waals surface area contributed by atoms with Crippen LogP contribution in [0.5, 0.6) is 0 Å². The molecule has 12 heteroatoms. The van der Waals surface area contributed by atoms with Crippen LogP contribution in [0.4, 0.5) is 13.2 Å². The van der Waals surface area contributed by atoms with Crippen molar-refractivity contribution in [2.45, 2.75) is 23.1 Å². The van der Waals surface area contributed by atoms with Crippen LogP contribution in [-0.4, -0.2) is 30.6 Å². The van der Waals surface area contributed by atoms with Gasteiger partial charge in [-0.3, -0.25) is 14.3 Å². The first-order chi connectivity index (χ1) is 21.4. The van der Waals surface area contributed by atoms with E-state index in [2.05, 4.69) is 25.5 Å². The highest BCUT2D eigenvalue weighted by molar-refractivity contribution is 7.98. The van der Waals surface area contributed by atoms with Crippen LogP contribution in [0.2, 0.25) is 0 Å². The zero-order valence-electron chi connectivity index (χ0n) is 22.8. The number of hydrogen-bond acceptors (Lipinski definition) is 7. The molecule has 0 unspecified atom stereocenters. The number of carbonyl (C=O) groups is 1. The number of halogens is 3. The third-order valence-electron chi connectivity index (χ3n) is 6.65. The van der Waals surface area contributed by atoms with Gasteiger partial charge >= 0.3 is 6.18 Å². The minimum Gasteiger partial charge on any atom is -0.340 e. The van der Waals surface area contributed by atoms with Crippen molar-refractivity contribution in [1.29, 1.82) is 0 Å². The van der Waals surface area contributed by atoms with Gasteiger partial charge in [0.2, 0.25) is 0 Å². The second-order valence-corrected chi connectivity index (χ2v) is 11.5. The molecule has 3 aromatic carbocycles. The van der Waals surface area contributed by atoms with Gasteiger partial charge in [0.05, 0.1) is 23.0 Å². The van der Waals surface area contributed by atoms with E-state index in [0.29, 0.717) is 27.3 Å². The third-order valence-corrected chi connectivity index (χ3v) is 8.63. The molecule has 0 aliphatic rings. The first-order valence-corrected chi connectivity index (χ1v) is 15.2. The summed E-state index contributed by atoms with van der Waals surface area (Å²) in [4.78, 5) is 21.9. The van der Waals surface area contributed by atoms with Crippen LogP contribution in [0.15, 0.2) is 120 Å². The summed E-state index contributed by atoms with van der Waals surface area (Å²) in [5, 5.41) is 14.4. The van der Waals surface area contributed by atoms with Gasteiger partial charge in [0.1, 0.15) is 10.7 Å². The normalized spacial score (nSPS) is 11.5. The maximum absolute atomic E-state index is 13.5. The molecule has 3 heterocycles. The van der Waals surface area contributed by atoms with Crippen molar-refractivity contribution in [1.82, 2.24) is 30.0 Å². The van der Waals surface area contributed by atoms with Crippen molar-refractivity contribution in [2.24, 2.45) is 0 Å². The number of nitrogens with zero attached hydrogens (tertiary/aromatic N) is 5. The number of hydrogen-bond donors (Lipinski definition) is 1. The Morgan fingerprint density at radius 1 is 0.886 bits per heavy atom. The lowest BCUT2D eigenvalue weighted by atomic mass is 9.98. The van der Waals surface area contributed by atoms with E-state index in [1.807, 2.05) is 60.7 Å². The fraction of sp³-hybridized carbons (Fsp3) is 0.0938. The van der Waals surface area contributed by atoms with Gasteiger partial charge in [-0.25, -0.2) is 4.98 Å². The molecule has 6 rings (SSSR count). The first-order valence-electron chi connectivity index (χ1n) is 13.4. The highest BCUT2D eigenvalue weighted by Crippen LogP contribution is 2.34. The minimum atomic E-state index is -4.51. The van der Waals surface area contributed by atoms with E-state index < -0.39 is 11.7 Å². The van der Waals surface area contributed by atoms with E-state index in [1.165, 1.54) is 29.2 Å². The van der Waals surface area contributed by atoms with E-state index in [4.69, 9.17) is 0 Å². The molecule has 0 saturated heterocycles. The predicted octanol–water partition coefficient (Wildman–Crippen LogP) is 7.62. The summed E-state index contributed by atoms with van der Waals surface area (Å²) < 4.78 is 42.2. The fourth-order valence-electron chi connectivity index (χ4n) is 4.57. The Morgan fingerprint density at radius 2 is 1.57 bits per heavy atom. The number of pyridine rings is 1. The van der Waals surface area contributed by atoms with Crippen molar-refractivity contribution >= 4 is 29.0 Å². The van der Waals surface area contributed by atoms with Crippen molar-refractivity contribution in [2.75, 3.05) is 0 Å². The number of aromatic nitrogens is 5. The summed E-state index contributed by atoms with van der Waals surface area (Å²) in [5.74, 6) is 0.384. The van der Waals surface area contributed by atoms with E-state index in [-0.39, 0.29) is 23.3 Å². The molecule has 44 heavy (non-hydrogen) atoms. The van der Waals surface area contributed by atoms with Gasteiger partial charge in [-0.1, -0.05) is 78.5 Å². The van der Waals surface area contributed by atoms with Crippen LogP contribution in [0, 0.1) is 0 Å². The Labute approximate surface area is 258 Å². The Balaban J connectivity index is 1.24. The molecule has 3 aromatic heterocycles. The number of thioether (sulfide) groups is 1. The Hall–Kier alpha value is -4.81. The summed E-state index contributed by atoms with van der Waals surface area (Å²) in [6.45, 7) is 0. The molecule has 6 aromatic rings. The quantitative estimate of drug-likeness (QED) is 0.166. The maximum Gasteiger partial charge on any atom is 0.416 e. The summed E-state index contributed by atoms with van der Waals surface area (Å²) in [7, 11) is 0. The monoisotopic (exact) mass is 628 g/mol. The molecular weight excluding hydrogens is 606 g/mol. The number of alkyl halides is 3. The lowest BCUT2D eigenvalue weighted by Gasteiger charge is -2.19. The molecule has 1 N–H and O–H groups in total. The standard InChI is InChI=1S/C32H23F3N6OS2/c33-32(34,35)24-12-7-13-25(18-24)41-29(23-14-16-36-17-15-23)39-40-31(41)44-20-27-37-26(19-43-27)30(42)38-28(21-8-3-1-4-9-21)22-10-5-2-6-11-22/h1-19,28H,20H2,(H,38,42). The molecule has 0 saturated carbocycles. The molecule has 0 spiro atoms. The Bertz CT molecular complexity index is 1820. The summed E-state index contributed by atoms with van der Waals surface area (Å²) in [6, 6.07) is 27.5. The highest BCUT2D eigenvalue weighted by Gasteiger charge is 2.31. The largest absolute Gasteiger partial charge is 0.416 e. The molecule has 220 valence electrons. The van der Waals surface area contributed by atoms with Gasteiger partial charge in [0.15, 0.2) is 11.0 Å². The average Bonchev–Trinajstić information content (AvgIpc) is 3.71. The molecule has 0 radical (unpaired) electrons. The average molecular weight is 629 g/mol. The number of amides is 1. The van der Waals surface area contributed by atoms with Gasteiger partial charge < -0.3 is 5.32 Å². The Kier molecular flexibility index (Phi) is 8.53. The molecular formula is C32H23F3N6OS2. The van der Waals surface area contributed by atoms with Gasteiger partial charge in [0.25, 0.3) is 5.91 Å². The number of benzene rings is 3. The van der Waals surface area contributed by atoms with Crippen LogP contribution in [0.1, 0.15) is 38.2 Å². The molecule has 0 atom stereocenters. The summed E-state index contributed by atoms with van der Waals surface area (Å²) >= 11 is 2.58. The number of nitrogens with one attached hydrogen (secondary N) is 1. The second kappa shape index (κ2) is 12.8. The SMILES string of the molecule is O=C(NC(c1ccccc1)c1ccccc1)c1csc(CSc2nnc(-c3ccncc3)n2-c2cccc(C(F)(F)F)c2)n1. The fourth-order valence-corrected chi connectivity index (χ4v) is 6.31. The first kappa shape index (κ1) is 29.3. The van der Waals surface area contributed by atoms with Crippen molar-refractivity contribution < 1.29 is 18.0 Å². The van der Waals surface area contributed by atoms with Crippen LogP contribution in [0.25, 0.3) is 17.1 Å². The minimum absolute atomic E-state index is 0.270. The molecule has 0 fully saturated rings. The second-order valence-electron chi connectivity index (χ2n) is 9.57. The van der Waals surface area contributed by atoms with E-state index in [9.17, 15) is 18.0 Å². The van der Waals surface area contributed by atoms with Crippen LogP contribution in [-0.2, 0) is 11.9 Å². The lowest BCUT2D eigenvalue weighted by Crippen LogP contribution is -2.29. The molecule has 7 nitrogen and oxygen atoms in total. The number of rotatable bonds is 9. The van der Waals surface area contributed by atoms with Crippen molar-refractivity contribution in [3.8, 4) is 17.1 Å². The zero-order chi connectivity index (χ0) is 30.5. The van der Waals surface area contributed by atoms with Gasteiger partial charge in [0, 0.05) is 23.3 Å². The van der Waals surface area contributed by atoms with Gasteiger partial charge in [-0.15, -0.1) is 21.5 Å². The number of thiazole rings is 1. The van der Waals surface area contributed by atoms with Crippen LogP contribution >= 0.6 is 23.1 Å². The van der Waals surface area contributed by atoms with Crippen molar-refractivity contribution in [3.63, 3.8) is 0 Å².